The smallest absolute Gasteiger partial charge is 0.488 e. The highest BCUT2D eigenvalue weighted by Crippen LogP contribution is 2.22. The third-order valence-corrected chi connectivity index (χ3v) is 6.84. The molecule has 0 saturated carbocycles. The van der Waals surface area contributed by atoms with Crippen LogP contribution in [0.2, 0.25) is 0 Å². The molecular formula is C41H54BNO8. The van der Waals surface area contributed by atoms with Gasteiger partial charge in [0.1, 0.15) is 28.5 Å². The van der Waals surface area contributed by atoms with Crippen molar-refractivity contribution < 1.29 is 39.0 Å². The van der Waals surface area contributed by atoms with Crippen LogP contribution in [0.15, 0.2) is 97.1 Å². The Morgan fingerprint density at radius 1 is 0.647 bits per heavy atom. The number of esters is 1. The molecule has 0 spiro atoms. The Labute approximate surface area is 303 Å². The topological polar surface area (TPSA) is 135 Å². The number of rotatable bonds is 10. The van der Waals surface area contributed by atoms with Crippen molar-refractivity contribution in [2.45, 2.75) is 92.3 Å². The maximum Gasteiger partial charge on any atom is 0.488 e. The molecule has 0 aliphatic carbocycles. The van der Waals surface area contributed by atoms with E-state index in [9.17, 15) is 9.59 Å². The first kappa shape index (κ1) is 42.4. The summed E-state index contributed by atoms with van der Waals surface area (Å²) in [4.78, 5) is 23.0. The fourth-order valence-electron chi connectivity index (χ4n) is 4.32. The lowest BCUT2D eigenvalue weighted by atomic mass is 9.80. The molecule has 0 radical (unpaired) electrons. The summed E-state index contributed by atoms with van der Waals surface area (Å²) in [7, 11) is -1.35. The maximum atomic E-state index is 11.7. The normalized spacial score (nSPS) is 10.8. The molecule has 9 nitrogen and oxygen atoms in total. The quantitative estimate of drug-likeness (QED) is 0.0983. The fraction of sp³-hybridized carbons (Fsp3) is 0.366. The molecule has 51 heavy (non-hydrogen) atoms. The molecule has 0 aliphatic rings. The van der Waals surface area contributed by atoms with Gasteiger partial charge in [0.2, 0.25) is 0 Å². The molecule has 0 heterocycles. The van der Waals surface area contributed by atoms with E-state index in [4.69, 9.17) is 29.4 Å². The zero-order chi connectivity index (χ0) is 38.0. The first-order chi connectivity index (χ1) is 23.9. The van der Waals surface area contributed by atoms with Gasteiger partial charge >= 0.3 is 19.2 Å². The Morgan fingerprint density at radius 3 is 1.59 bits per heavy atom. The number of hydrogen-bond acceptors (Lipinski definition) is 8. The molecule has 0 atom stereocenters. The van der Waals surface area contributed by atoms with Crippen LogP contribution in [-0.4, -0.2) is 52.1 Å². The molecule has 0 aromatic heterocycles. The minimum absolute atomic E-state index is 0.137. The van der Waals surface area contributed by atoms with E-state index in [0.29, 0.717) is 24.8 Å². The number of aromatic hydroxyl groups is 1. The van der Waals surface area contributed by atoms with Gasteiger partial charge in [0.15, 0.2) is 0 Å². The van der Waals surface area contributed by atoms with Crippen molar-refractivity contribution >= 4 is 24.6 Å². The van der Waals surface area contributed by atoms with E-state index < -0.39 is 24.4 Å². The van der Waals surface area contributed by atoms with Crippen LogP contribution < -0.4 is 15.5 Å². The molecule has 0 bridgehead atoms. The number of hydrogen-bond donors (Lipinski definition) is 4. The molecule has 0 unspecified atom stereocenters. The van der Waals surface area contributed by atoms with Crippen LogP contribution in [-0.2, 0) is 27.1 Å². The number of ether oxygens (including phenoxy) is 3. The van der Waals surface area contributed by atoms with Crippen molar-refractivity contribution in [1.29, 1.82) is 0 Å². The van der Waals surface area contributed by atoms with Crippen LogP contribution in [0.1, 0.15) is 76.6 Å². The van der Waals surface area contributed by atoms with E-state index in [2.05, 4.69) is 12.2 Å². The molecule has 4 N–H and O–H groups in total. The van der Waals surface area contributed by atoms with E-state index in [-0.39, 0.29) is 11.7 Å². The highest BCUT2D eigenvalue weighted by Gasteiger charge is 2.16. The monoisotopic (exact) mass is 699 g/mol. The Bertz CT molecular complexity index is 1590. The van der Waals surface area contributed by atoms with E-state index in [1.54, 1.807) is 24.3 Å². The van der Waals surface area contributed by atoms with Crippen LogP contribution in [0, 0.1) is 13.8 Å². The predicted octanol–water partition coefficient (Wildman–Crippen LogP) is 7.59. The average Bonchev–Trinajstić information content (AvgIpc) is 3.03. The van der Waals surface area contributed by atoms with Crippen molar-refractivity contribution in [3.05, 3.63) is 119 Å². The standard InChI is InChI=1S/C21H26O3.C13H19NO3.C7H9BO2/c1-16-8-12-18(13-9-16)23-19-14-10-17(11-15-19)6-5-7-20(22)24-21(2,3)4;1-13(2,3)17-12(16)14-9-8-10-4-6-11(15)7-5-10;1-6-2-4-7(5-3-6)8(9)10/h8-15H,5-7H2,1-4H3;4-7,15H,8-9H2,1-3H3,(H,14,16);2-5,9-10H,1H3. The molecular weight excluding hydrogens is 645 g/mol. The Kier molecular flexibility index (Phi) is 17.3. The summed E-state index contributed by atoms with van der Waals surface area (Å²) in [6, 6.07) is 30.0. The summed E-state index contributed by atoms with van der Waals surface area (Å²) in [5.41, 5.74) is 4.22. The first-order valence-corrected chi connectivity index (χ1v) is 17.1. The highest BCUT2D eigenvalue weighted by atomic mass is 16.6. The SMILES string of the molecule is CC(C)(C)OC(=O)NCCc1ccc(O)cc1.Cc1ccc(B(O)O)cc1.Cc1ccc(Oc2ccc(CCCC(=O)OC(C)(C)C)cc2)cc1. The van der Waals surface area contributed by atoms with E-state index in [1.165, 1.54) is 11.1 Å². The van der Waals surface area contributed by atoms with Crippen molar-refractivity contribution in [1.82, 2.24) is 5.32 Å². The number of carbonyl (C=O) groups is 2. The van der Waals surface area contributed by atoms with Crippen molar-refractivity contribution in [2.75, 3.05) is 6.54 Å². The van der Waals surface area contributed by atoms with Gasteiger partial charge < -0.3 is 34.7 Å². The van der Waals surface area contributed by atoms with Crippen molar-refractivity contribution in [2.24, 2.45) is 0 Å². The number of aryl methyl sites for hydroxylation is 3. The summed E-state index contributed by atoms with van der Waals surface area (Å²) < 4.78 is 16.2. The summed E-state index contributed by atoms with van der Waals surface area (Å²) in [5, 5.41) is 29.1. The minimum atomic E-state index is -1.35. The van der Waals surface area contributed by atoms with Crippen molar-refractivity contribution in [3.63, 3.8) is 0 Å². The molecule has 10 heteroatoms. The maximum absolute atomic E-state index is 11.7. The van der Waals surface area contributed by atoms with Gasteiger partial charge in [-0.1, -0.05) is 71.8 Å². The van der Waals surface area contributed by atoms with Crippen LogP contribution in [0.5, 0.6) is 17.2 Å². The largest absolute Gasteiger partial charge is 0.508 e. The number of alkyl carbamates (subject to hydrolysis) is 1. The third kappa shape index (κ3) is 19.8. The average molecular weight is 700 g/mol. The Hall–Kier alpha value is -4.80. The predicted molar refractivity (Wildman–Crippen MR) is 204 cm³/mol. The third-order valence-electron chi connectivity index (χ3n) is 6.84. The van der Waals surface area contributed by atoms with Gasteiger partial charge in [0.25, 0.3) is 0 Å². The van der Waals surface area contributed by atoms with Crippen LogP contribution >= 0.6 is 0 Å². The first-order valence-electron chi connectivity index (χ1n) is 17.1. The number of benzene rings is 4. The fourth-order valence-corrected chi connectivity index (χ4v) is 4.32. The zero-order valence-electron chi connectivity index (χ0n) is 31.2. The summed E-state index contributed by atoms with van der Waals surface area (Å²) in [5.74, 6) is 1.75. The lowest BCUT2D eigenvalue weighted by molar-refractivity contribution is -0.154. The number of carbonyl (C=O) groups excluding carboxylic acids is 2. The lowest BCUT2D eigenvalue weighted by Crippen LogP contribution is -2.33. The Morgan fingerprint density at radius 2 is 1.10 bits per heavy atom. The molecule has 4 rings (SSSR count). The van der Waals surface area contributed by atoms with Crippen LogP contribution in [0.3, 0.4) is 0 Å². The second-order valence-electron chi connectivity index (χ2n) is 14.1. The Balaban J connectivity index is 0.000000289. The van der Waals surface area contributed by atoms with Gasteiger partial charge in [-0.2, -0.15) is 0 Å². The van der Waals surface area contributed by atoms with Gasteiger partial charge in [-0.15, -0.1) is 0 Å². The number of phenolic OH excluding ortho intramolecular Hbond substituents is 1. The minimum Gasteiger partial charge on any atom is -0.508 e. The number of amides is 1. The summed E-state index contributed by atoms with van der Waals surface area (Å²) in [6.07, 6.45) is 2.38. The van der Waals surface area contributed by atoms with E-state index in [0.717, 1.165) is 35.5 Å². The van der Waals surface area contributed by atoms with Gasteiger partial charge in [-0.3, -0.25) is 4.79 Å². The molecule has 0 saturated heterocycles. The van der Waals surface area contributed by atoms with Crippen LogP contribution in [0.25, 0.3) is 0 Å². The summed E-state index contributed by atoms with van der Waals surface area (Å²) in [6.45, 7) is 15.7. The zero-order valence-corrected chi connectivity index (χ0v) is 31.2. The van der Waals surface area contributed by atoms with Gasteiger partial charge in [0, 0.05) is 13.0 Å². The van der Waals surface area contributed by atoms with Gasteiger partial charge in [0.05, 0.1) is 0 Å². The molecule has 4 aromatic rings. The second-order valence-corrected chi connectivity index (χ2v) is 14.1. The lowest BCUT2D eigenvalue weighted by Gasteiger charge is -2.19. The van der Waals surface area contributed by atoms with Crippen LogP contribution in [0.4, 0.5) is 4.79 Å². The van der Waals surface area contributed by atoms with E-state index >= 15 is 0 Å². The molecule has 0 aliphatic heterocycles. The molecule has 274 valence electrons. The van der Waals surface area contributed by atoms with Gasteiger partial charge in [-0.25, -0.2) is 4.79 Å². The second kappa shape index (κ2) is 20.8. The van der Waals surface area contributed by atoms with E-state index in [1.807, 2.05) is 121 Å². The highest BCUT2D eigenvalue weighted by molar-refractivity contribution is 6.58. The number of phenols is 1. The summed E-state index contributed by atoms with van der Waals surface area (Å²) >= 11 is 0. The molecule has 0 fully saturated rings. The molecule has 1 amide bonds. The molecule has 4 aromatic carbocycles. The van der Waals surface area contributed by atoms with Gasteiger partial charge in [-0.05, 0) is 128 Å². The number of nitrogens with one attached hydrogen (secondary N) is 1. The van der Waals surface area contributed by atoms with Crippen molar-refractivity contribution in [3.8, 4) is 17.2 Å².